The minimum absolute atomic E-state index is 0.149. The number of nitrogens with zero attached hydrogens (tertiary/aromatic N) is 4. The number of rotatable bonds is 10. The zero-order valence-corrected chi connectivity index (χ0v) is 33.4. The highest BCUT2D eigenvalue weighted by Crippen LogP contribution is 2.41. The van der Waals surface area contributed by atoms with Gasteiger partial charge in [-0.3, -0.25) is 14.4 Å². The number of hydrogen-bond donors (Lipinski definition) is 5. The van der Waals surface area contributed by atoms with E-state index < -0.39 is 24.3 Å². The van der Waals surface area contributed by atoms with Gasteiger partial charge in [0.15, 0.2) is 5.75 Å². The number of hydrogen-bond acceptors (Lipinski definition) is 10. The van der Waals surface area contributed by atoms with E-state index in [-0.39, 0.29) is 41.6 Å². The molecule has 3 aliphatic heterocycles. The van der Waals surface area contributed by atoms with Gasteiger partial charge in [0.05, 0.1) is 61.3 Å². The molecule has 0 bridgehead atoms. The molecule has 0 spiro atoms. The van der Waals surface area contributed by atoms with E-state index in [0.29, 0.717) is 77.3 Å². The van der Waals surface area contributed by atoms with Gasteiger partial charge in [-0.25, -0.2) is 19.6 Å². The third kappa shape index (κ3) is 7.93. The molecule has 0 unspecified atom stereocenters. The summed E-state index contributed by atoms with van der Waals surface area (Å²) in [7, 11) is 2.53. The van der Waals surface area contributed by atoms with Crippen LogP contribution in [-0.2, 0) is 19.1 Å². The number of H-pyrrole nitrogens is 2. The van der Waals surface area contributed by atoms with Gasteiger partial charge in [0, 0.05) is 24.2 Å². The summed E-state index contributed by atoms with van der Waals surface area (Å²) < 4.78 is 15.9. The standard InChI is InChI=1S/C41H49N9O8/c1-21(2)33(47-40(54)56-5)38(52)49-15-7-9-29(49)35-42-19-27(44-35)23-12-14-31-25(17-23)37(51)46-26-13-11-24(18-32(26)58-31)28-20-43-36(45-28)30-10-8-16-50(30)39(53)34(22(3)4)48-41(55)57-6/h11-14,17-22,29-30,33-34H,7-10,15-16H2,1-6H3,(H,42,44)(H,43,45)(H,46,51)(H,47,54)(H,48,55)/t29-,30-,33-,34-/m0/s1. The number of carbonyl (C=O) groups is 5. The Kier molecular flexibility index (Phi) is 11.4. The average molecular weight is 796 g/mol. The maximum absolute atomic E-state index is 13.6. The van der Waals surface area contributed by atoms with E-state index in [2.05, 4.69) is 35.9 Å². The summed E-state index contributed by atoms with van der Waals surface area (Å²) in [5, 5.41) is 8.31. The molecule has 2 fully saturated rings. The normalized spacial score (nSPS) is 18.4. The van der Waals surface area contributed by atoms with Crippen molar-refractivity contribution in [2.75, 3.05) is 32.6 Å². The molecule has 4 aromatic rings. The van der Waals surface area contributed by atoms with Crippen LogP contribution in [0, 0.1) is 11.8 Å². The van der Waals surface area contributed by atoms with Crippen molar-refractivity contribution >= 4 is 35.6 Å². The molecular formula is C41H49N9O8. The van der Waals surface area contributed by atoms with E-state index in [1.807, 2.05) is 45.9 Å². The van der Waals surface area contributed by atoms with E-state index in [4.69, 9.17) is 14.2 Å². The van der Waals surface area contributed by atoms with Crippen molar-refractivity contribution in [3.63, 3.8) is 0 Å². The Hall–Kier alpha value is -6.39. The van der Waals surface area contributed by atoms with Gasteiger partial charge in [0.1, 0.15) is 29.5 Å². The molecule has 0 radical (unpaired) electrons. The number of alkyl carbamates (subject to hydrolysis) is 2. The molecule has 4 atom stereocenters. The summed E-state index contributed by atoms with van der Waals surface area (Å²) in [6, 6.07) is 8.67. The average Bonchev–Trinajstić information content (AvgIpc) is 4.05. The summed E-state index contributed by atoms with van der Waals surface area (Å²) in [6.45, 7) is 8.55. The molecule has 5 N–H and O–H groups in total. The van der Waals surface area contributed by atoms with Crippen molar-refractivity contribution < 1.29 is 38.2 Å². The molecule has 58 heavy (non-hydrogen) atoms. The molecular weight excluding hydrogens is 747 g/mol. The second-order valence-corrected chi connectivity index (χ2v) is 15.4. The van der Waals surface area contributed by atoms with Gasteiger partial charge in [-0.15, -0.1) is 0 Å². The largest absolute Gasteiger partial charge is 0.454 e. The van der Waals surface area contributed by atoms with Crippen molar-refractivity contribution in [3.05, 3.63) is 66.0 Å². The Morgan fingerprint density at radius 2 is 1.24 bits per heavy atom. The van der Waals surface area contributed by atoms with Gasteiger partial charge in [-0.1, -0.05) is 33.8 Å². The minimum Gasteiger partial charge on any atom is -0.454 e. The predicted octanol–water partition coefficient (Wildman–Crippen LogP) is 5.91. The first-order valence-corrected chi connectivity index (χ1v) is 19.5. The monoisotopic (exact) mass is 795 g/mol. The second-order valence-electron chi connectivity index (χ2n) is 15.4. The van der Waals surface area contributed by atoms with Gasteiger partial charge in [-0.2, -0.15) is 0 Å². The van der Waals surface area contributed by atoms with Crippen LogP contribution < -0.4 is 20.7 Å². The number of ether oxygens (including phenoxy) is 3. The first-order chi connectivity index (χ1) is 27.9. The molecule has 0 saturated carbocycles. The summed E-state index contributed by atoms with van der Waals surface area (Å²) in [6.07, 6.45) is 5.07. The number of methoxy groups -OCH3 is 2. The maximum atomic E-state index is 13.6. The molecule has 5 amide bonds. The number of aromatic amines is 2. The fraction of sp³-hybridized carbons (Fsp3) is 0.439. The first-order valence-electron chi connectivity index (χ1n) is 19.5. The summed E-state index contributed by atoms with van der Waals surface area (Å²) >= 11 is 0. The summed E-state index contributed by atoms with van der Waals surface area (Å²) in [4.78, 5) is 84.3. The molecule has 306 valence electrons. The van der Waals surface area contributed by atoms with Gasteiger partial charge in [-0.05, 0) is 67.9 Å². The smallest absolute Gasteiger partial charge is 0.407 e. The fourth-order valence-corrected chi connectivity index (χ4v) is 7.84. The zero-order valence-electron chi connectivity index (χ0n) is 33.4. The lowest BCUT2D eigenvalue weighted by Gasteiger charge is -2.30. The van der Waals surface area contributed by atoms with Crippen LogP contribution in [0.25, 0.3) is 22.5 Å². The van der Waals surface area contributed by atoms with Crippen molar-refractivity contribution in [1.29, 1.82) is 0 Å². The number of carbonyl (C=O) groups excluding carboxylic acids is 5. The van der Waals surface area contributed by atoms with E-state index in [0.717, 1.165) is 18.4 Å². The molecule has 0 aliphatic carbocycles. The van der Waals surface area contributed by atoms with Gasteiger partial charge >= 0.3 is 12.2 Å². The number of benzene rings is 2. The molecule has 2 aromatic carbocycles. The molecule has 5 heterocycles. The zero-order chi connectivity index (χ0) is 41.2. The number of amides is 5. The molecule has 17 nitrogen and oxygen atoms in total. The SMILES string of the molecule is COC(=O)N[C@H](C(=O)N1CCC[C@H]1c1ncc(-c2ccc3c(c2)Oc2ccc(-c4cnc([C@@H]5CCCN5C(=O)[C@@H](NC(=O)OC)C(C)C)[nH]4)cc2C(=O)N3)[nH]1)C(C)C. The summed E-state index contributed by atoms with van der Waals surface area (Å²) in [5.41, 5.74) is 3.66. The number of nitrogens with one attached hydrogen (secondary N) is 5. The topological polar surface area (TPSA) is 213 Å². The third-order valence-electron chi connectivity index (χ3n) is 11.0. The first kappa shape index (κ1) is 39.8. The van der Waals surface area contributed by atoms with E-state index in [1.165, 1.54) is 14.2 Å². The lowest BCUT2D eigenvalue weighted by molar-refractivity contribution is -0.136. The highest BCUT2D eigenvalue weighted by atomic mass is 16.5. The Bertz CT molecular complexity index is 2210. The molecule has 3 aliphatic rings. The van der Waals surface area contributed by atoms with E-state index in [9.17, 15) is 24.0 Å². The number of aromatic nitrogens is 4. The van der Waals surface area contributed by atoms with Gasteiger partial charge in [0.25, 0.3) is 5.91 Å². The maximum Gasteiger partial charge on any atom is 0.407 e. The number of imidazole rings is 2. The Morgan fingerprint density at radius 1 is 0.741 bits per heavy atom. The fourth-order valence-electron chi connectivity index (χ4n) is 7.84. The Labute approximate surface area is 335 Å². The highest BCUT2D eigenvalue weighted by Gasteiger charge is 2.39. The number of anilines is 1. The van der Waals surface area contributed by atoms with Crippen LogP contribution in [0.3, 0.4) is 0 Å². The van der Waals surface area contributed by atoms with Crippen molar-refractivity contribution in [2.24, 2.45) is 11.8 Å². The van der Waals surface area contributed by atoms with Crippen LogP contribution >= 0.6 is 0 Å². The molecule has 2 aromatic heterocycles. The lowest BCUT2D eigenvalue weighted by atomic mass is 10.0. The molecule has 2 saturated heterocycles. The van der Waals surface area contributed by atoms with Crippen LogP contribution in [-0.4, -0.2) is 99.0 Å². The molecule has 7 rings (SSSR count). The number of fused-ring (bicyclic) bond motifs is 2. The highest BCUT2D eigenvalue weighted by molar-refractivity contribution is 6.08. The molecule has 17 heteroatoms. The summed E-state index contributed by atoms with van der Waals surface area (Å²) in [5.74, 6) is 1.02. The number of likely N-dealkylation sites (tertiary alicyclic amines) is 2. The Morgan fingerprint density at radius 3 is 1.74 bits per heavy atom. The van der Waals surface area contributed by atoms with Crippen LogP contribution in [0.5, 0.6) is 11.5 Å². The predicted molar refractivity (Wildman–Crippen MR) is 212 cm³/mol. The van der Waals surface area contributed by atoms with Crippen molar-refractivity contribution in [2.45, 2.75) is 77.5 Å². The Balaban J connectivity index is 1.07. The van der Waals surface area contributed by atoms with Crippen LogP contribution in [0.2, 0.25) is 0 Å². The lowest BCUT2D eigenvalue weighted by Crippen LogP contribution is -2.51. The minimum atomic E-state index is -0.746. The quantitative estimate of drug-likeness (QED) is 0.128. The van der Waals surface area contributed by atoms with E-state index >= 15 is 0 Å². The van der Waals surface area contributed by atoms with Crippen molar-refractivity contribution in [1.82, 2.24) is 40.4 Å². The van der Waals surface area contributed by atoms with Crippen LogP contribution in [0.15, 0.2) is 48.8 Å². The third-order valence-corrected chi connectivity index (χ3v) is 11.0. The van der Waals surface area contributed by atoms with Gasteiger partial charge in [0.2, 0.25) is 11.8 Å². The van der Waals surface area contributed by atoms with Gasteiger partial charge < -0.3 is 49.9 Å². The van der Waals surface area contributed by atoms with Crippen LogP contribution in [0.4, 0.5) is 15.3 Å². The van der Waals surface area contributed by atoms with E-state index in [1.54, 1.807) is 40.4 Å². The van der Waals surface area contributed by atoms with Crippen LogP contribution in [0.1, 0.15) is 87.5 Å². The second kappa shape index (κ2) is 16.6. The van der Waals surface area contributed by atoms with Crippen molar-refractivity contribution in [3.8, 4) is 34.0 Å².